The van der Waals surface area contributed by atoms with Crippen LogP contribution < -0.4 is 10.6 Å². The lowest BCUT2D eigenvalue weighted by molar-refractivity contribution is 0.0636. The molecule has 0 radical (unpaired) electrons. The highest BCUT2D eigenvalue weighted by Crippen LogP contribution is 2.21. The van der Waals surface area contributed by atoms with E-state index in [1.807, 2.05) is 33.9 Å². The van der Waals surface area contributed by atoms with E-state index >= 15 is 0 Å². The van der Waals surface area contributed by atoms with Crippen LogP contribution in [0, 0.1) is 0 Å². The molecule has 1 aromatic rings. The molecular formula is C13H19ClN2O2. The molecule has 1 rings (SSSR count). The van der Waals surface area contributed by atoms with Crippen molar-refractivity contribution in [3.63, 3.8) is 0 Å². The molecule has 0 unspecified atom stereocenters. The normalized spacial score (nSPS) is 11.2. The van der Waals surface area contributed by atoms with Crippen LogP contribution >= 0.6 is 11.6 Å². The summed E-state index contributed by atoms with van der Waals surface area (Å²) in [5.41, 5.74) is 1.10. The lowest BCUT2D eigenvalue weighted by Crippen LogP contribution is -2.27. The summed E-state index contributed by atoms with van der Waals surface area (Å²) in [6, 6.07) is 5.30. The molecule has 0 aliphatic heterocycles. The molecule has 1 amide bonds. The Morgan fingerprint density at radius 1 is 1.39 bits per heavy atom. The van der Waals surface area contributed by atoms with Crippen molar-refractivity contribution in [1.29, 1.82) is 0 Å². The quantitative estimate of drug-likeness (QED) is 0.885. The van der Waals surface area contributed by atoms with E-state index in [4.69, 9.17) is 16.3 Å². The van der Waals surface area contributed by atoms with Gasteiger partial charge >= 0.3 is 6.09 Å². The number of hydrogen-bond acceptors (Lipinski definition) is 3. The Kier molecular flexibility index (Phi) is 4.99. The summed E-state index contributed by atoms with van der Waals surface area (Å²) in [5, 5.41) is 6.38. The van der Waals surface area contributed by atoms with E-state index in [-0.39, 0.29) is 0 Å². The molecule has 5 heteroatoms. The van der Waals surface area contributed by atoms with Crippen LogP contribution in [0.15, 0.2) is 18.2 Å². The molecule has 0 bridgehead atoms. The highest BCUT2D eigenvalue weighted by Gasteiger charge is 2.17. The van der Waals surface area contributed by atoms with E-state index in [9.17, 15) is 4.79 Å². The fourth-order valence-electron chi connectivity index (χ4n) is 1.43. The average Bonchev–Trinajstić information content (AvgIpc) is 2.20. The van der Waals surface area contributed by atoms with Crippen LogP contribution in [-0.4, -0.2) is 18.7 Å². The Morgan fingerprint density at radius 3 is 2.61 bits per heavy atom. The second-order valence-electron chi connectivity index (χ2n) is 4.96. The van der Waals surface area contributed by atoms with Crippen LogP contribution in [0.1, 0.15) is 26.3 Å². The zero-order valence-electron chi connectivity index (χ0n) is 11.1. The summed E-state index contributed by atoms with van der Waals surface area (Å²) in [6.07, 6.45) is -0.470. The number of carbonyl (C=O) groups excluding carboxylic acids is 1. The largest absolute Gasteiger partial charge is 0.444 e. The average molecular weight is 271 g/mol. The number of rotatable bonds is 3. The number of ether oxygens (including phenoxy) is 1. The smallest absolute Gasteiger partial charge is 0.412 e. The van der Waals surface area contributed by atoms with E-state index < -0.39 is 11.7 Å². The van der Waals surface area contributed by atoms with Gasteiger partial charge in [0.05, 0.1) is 0 Å². The van der Waals surface area contributed by atoms with Gasteiger partial charge in [-0.1, -0.05) is 11.6 Å². The van der Waals surface area contributed by atoms with Crippen molar-refractivity contribution in [3.8, 4) is 0 Å². The third-order valence-electron chi connectivity index (χ3n) is 2.07. The number of benzene rings is 1. The number of halogens is 1. The van der Waals surface area contributed by atoms with E-state index in [2.05, 4.69) is 10.6 Å². The van der Waals surface area contributed by atoms with Gasteiger partial charge in [0.15, 0.2) is 0 Å². The van der Waals surface area contributed by atoms with Crippen molar-refractivity contribution in [2.45, 2.75) is 32.9 Å². The highest BCUT2D eigenvalue weighted by atomic mass is 35.5. The second kappa shape index (κ2) is 6.07. The first kappa shape index (κ1) is 14.8. The van der Waals surface area contributed by atoms with Crippen molar-refractivity contribution in [1.82, 2.24) is 5.32 Å². The van der Waals surface area contributed by atoms with Gasteiger partial charge in [-0.3, -0.25) is 5.32 Å². The third kappa shape index (κ3) is 4.94. The van der Waals surface area contributed by atoms with Crippen molar-refractivity contribution in [3.05, 3.63) is 28.8 Å². The third-order valence-corrected chi connectivity index (χ3v) is 2.31. The van der Waals surface area contributed by atoms with Gasteiger partial charge in [-0.05, 0) is 51.6 Å². The Labute approximate surface area is 113 Å². The second-order valence-corrected chi connectivity index (χ2v) is 5.40. The lowest BCUT2D eigenvalue weighted by Gasteiger charge is -2.20. The van der Waals surface area contributed by atoms with Crippen molar-refractivity contribution >= 4 is 23.4 Å². The molecule has 0 fully saturated rings. The first-order valence-corrected chi connectivity index (χ1v) is 6.12. The SMILES string of the molecule is CNCc1cc(Cl)ccc1NC(=O)OC(C)(C)C. The molecule has 1 aromatic carbocycles. The molecule has 18 heavy (non-hydrogen) atoms. The molecule has 100 valence electrons. The minimum atomic E-state index is -0.514. The fraction of sp³-hybridized carbons (Fsp3) is 0.462. The van der Waals surface area contributed by atoms with Crippen LogP contribution in [0.5, 0.6) is 0 Å². The Morgan fingerprint density at radius 2 is 2.06 bits per heavy atom. The minimum absolute atomic E-state index is 0.470. The van der Waals surface area contributed by atoms with Crippen LogP contribution in [0.2, 0.25) is 5.02 Å². The monoisotopic (exact) mass is 270 g/mol. The topological polar surface area (TPSA) is 50.4 Å². The molecule has 0 atom stereocenters. The maximum Gasteiger partial charge on any atom is 0.412 e. The zero-order chi connectivity index (χ0) is 13.8. The molecule has 0 saturated carbocycles. The van der Waals surface area contributed by atoms with Crippen LogP contribution in [0.4, 0.5) is 10.5 Å². The molecule has 0 aromatic heterocycles. The van der Waals surface area contributed by atoms with Gasteiger partial charge in [0.25, 0.3) is 0 Å². The molecule has 0 spiro atoms. The summed E-state index contributed by atoms with van der Waals surface area (Å²) in [5.74, 6) is 0. The molecule has 0 aliphatic rings. The van der Waals surface area contributed by atoms with Gasteiger partial charge < -0.3 is 10.1 Å². The van der Waals surface area contributed by atoms with Crippen molar-refractivity contribution in [2.24, 2.45) is 0 Å². The first-order valence-electron chi connectivity index (χ1n) is 5.75. The number of hydrogen-bond donors (Lipinski definition) is 2. The lowest BCUT2D eigenvalue weighted by atomic mass is 10.1. The van der Waals surface area contributed by atoms with Gasteiger partial charge in [0, 0.05) is 17.3 Å². The van der Waals surface area contributed by atoms with E-state index in [1.165, 1.54) is 0 Å². The predicted octanol–water partition coefficient (Wildman–Crippen LogP) is 3.41. The Balaban J connectivity index is 2.80. The van der Waals surface area contributed by atoms with Crippen molar-refractivity contribution < 1.29 is 9.53 Å². The summed E-state index contributed by atoms with van der Waals surface area (Å²) in [4.78, 5) is 11.7. The molecular weight excluding hydrogens is 252 g/mol. The maximum atomic E-state index is 11.7. The zero-order valence-corrected chi connectivity index (χ0v) is 11.9. The summed E-state index contributed by atoms with van der Waals surface area (Å²) < 4.78 is 5.20. The fourth-order valence-corrected chi connectivity index (χ4v) is 1.63. The summed E-state index contributed by atoms with van der Waals surface area (Å²) >= 11 is 5.92. The molecule has 4 nitrogen and oxygen atoms in total. The number of anilines is 1. The molecule has 0 saturated heterocycles. The van der Waals surface area contributed by atoms with E-state index in [0.717, 1.165) is 5.56 Å². The Bertz CT molecular complexity index is 427. The number of amides is 1. The molecule has 0 heterocycles. The molecule has 0 aliphatic carbocycles. The van der Waals surface area contributed by atoms with Crippen LogP contribution in [0.25, 0.3) is 0 Å². The van der Waals surface area contributed by atoms with E-state index in [0.29, 0.717) is 17.3 Å². The predicted molar refractivity (Wildman–Crippen MR) is 74.1 cm³/mol. The maximum absolute atomic E-state index is 11.7. The van der Waals surface area contributed by atoms with Crippen LogP contribution in [0.3, 0.4) is 0 Å². The van der Waals surface area contributed by atoms with Gasteiger partial charge in [0.1, 0.15) is 5.60 Å². The van der Waals surface area contributed by atoms with Crippen molar-refractivity contribution in [2.75, 3.05) is 12.4 Å². The van der Waals surface area contributed by atoms with Gasteiger partial charge in [-0.15, -0.1) is 0 Å². The number of carbonyl (C=O) groups is 1. The minimum Gasteiger partial charge on any atom is -0.444 e. The Hall–Kier alpha value is -1.26. The first-order chi connectivity index (χ1) is 8.31. The van der Waals surface area contributed by atoms with Gasteiger partial charge in [-0.25, -0.2) is 4.79 Å². The molecule has 2 N–H and O–H groups in total. The highest BCUT2D eigenvalue weighted by molar-refractivity contribution is 6.30. The summed E-state index contributed by atoms with van der Waals surface area (Å²) in [6.45, 7) is 6.08. The van der Waals surface area contributed by atoms with Gasteiger partial charge in [-0.2, -0.15) is 0 Å². The number of nitrogens with one attached hydrogen (secondary N) is 2. The summed E-state index contributed by atoms with van der Waals surface area (Å²) in [7, 11) is 1.83. The van der Waals surface area contributed by atoms with E-state index in [1.54, 1.807) is 12.1 Å². The van der Waals surface area contributed by atoms with Crippen LogP contribution in [-0.2, 0) is 11.3 Å². The van der Waals surface area contributed by atoms with Gasteiger partial charge in [0.2, 0.25) is 0 Å². The standard InChI is InChI=1S/C13H19ClN2O2/c1-13(2,3)18-12(17)16-11-6-5-10(14)7-9(11)8-15-4/h5-7,15H,8H2,1-4H3,(H,16,17).